The van der Waals surface area contributed by atoms with Crippen LogP contribution in [0.3, 0.4) is 0 Å². The Balaban J connectivity index is 2.52. The summed E-state index contributed by atoms with van der Waals surface area (Å²) >= 11 is 0. The molecule has 84 valence electrons. The maximum Gasteiger partial charge on any atom is 0.216 e. The SMILES string of the molecule is CC(=O)NCCC#Cc1ccccc1NN. The summed E-state index contributed by atoms with van der Waals surface area (Å²) in [6.07, 6.45) is 0.623. The molecule has 1 amide bonds. The van der Waals surface area contributed by atoms with Crippen LogP contribution >= 0.6 is 0 Å². The van der Waals surface area contributed by atoms with Crippen LogP contribution in [0.5, 0.6) is 0 Å². The first-order chi connectivity index (χ1) is 7.74. The number of hydrogen-bond donors (Lipinski definition) is 3. The largest absolute Gasteiger partial charge is 0.355 e. The summed E-state index contributed by atoms with van der Waals surface area (Å²) in [5.41, 5.74) is 4.24. The topological polar surface area (TPSA) is 67.2 Å². The van der Waals surface area contributed by atoms with Gasteiger partial charge in [-0.05, 0) is 12.1 Å². The number of hydrazine groups is 1. The molecule has 4 N–H and O–H groups in total. The lowest BCUT2D eigenvalue weighted by molar-refractivity contribution is -0.118. The molecule has 0 unspecified atom stereocenters. The molecule has 16 heavy (non-hydrogen) atoms. The van der Waals surface area contributed by atoms with Crippen molar-refractivity contribution in [1.82, 2.24) is 5.32 Å². The van der Waals surface area contributed by atoms with Crippen LogP contribution in [0.25, 0.3) is 0 Å². The summed E-state index contributed by atoms with van der Waals surface area (Å²) in [4.78, 5) is 10.6. The molecule has 1 aromatic rings. The lowest BCUT2D eigenvalue weighted by Gasteiger charge is -2.01. The van der Waals surface area contributed by atoms with Crippen molar-refractivity contribution in [3.63, 3.8) is 0 Å². The van der Waals surface area contributed by atoms with Crippen LogP contribution in [0.15, 0.2) is 24.3 Å². The molecule has 4 nitrogen and oxygen atoms in total. The maximum atomic E-state index is 10.6. The molecule has 1 aromatic carbocycles. The number of para-hydroxylation sites is 1. The third-order valence-corrected chi connectivity index (χ3v) is 1.93. The standard InChI is InChI=1S/C12H15N3O/c1-10(16)14-9-5-4-7-11-6-2-3-8-12(11)15-13/h2-3,6,8,15H,5,9,13H2,1H3,(H,14,16). The molecule has 0 saturated carbocycles. The van der Waals surface area contributed by atoms with Gasteiger partial charge < -0.3 is 10.7 Å². The average molecular weight is 217 g/mol. The van der Waals surface area contributed by atoms with Gasteiger partial charge in [0, 0.05) is 25.5 Å². The minimum absolute atomic E-state index is 0.0363. The van der Waals surface area contributed by atoms with E-state index in [1.54, 1.807) is 0 Å². The normalized spacial score (nSPS) is 8.88. The Morgan fingerprint density at radius 1 is 1.44 bits per heavy atom. The number of rotatable bonds is 3. The van der Waals surface area contributed by atoms with Crippen LogP contribution in [0.4, 0.5) is 5.69 Å². The number of hydrogen-bond acceptors (Lipinski definition) is 3. The lowest BCUT2D eigenvalue weighted by Crippen LogP contribution is -2.20. The van der Waals surface area contributed by atoms with E-state index in [2.05, 4.69) is 22.6 Å². The van der Waals surface area contributed by atoms with Gasteiger partial charge in [0.15, 0.2) is 0 Å². The van der Waals surface area contributed by atoms with Crippen LogP contribution in [0, 0.1) is 11.8 Å². The summed E-state index contributed by atoms with van der Waals surface area (Å²) in [6, 6.07) is 7.54. The van der Waals surface area contributed by atoms with Gasteiger partial charge in [-0.1, -0.05) is 24.0 Å². The second kappa shape index (κ2) is 6.49. The van der Waals surface area contributed by atoms with Crippen LogP contribution < -0.4 is 16.6 Å². The fraction of sp³-hybridized carbons (Fsp3) is 0.250. The van der Waals surface area contributed by atoms with Gasteiger partial charge >= 0.3 is 0 Å². The zero-order chi connectivity index (χ0) is 11.8. The number of nitrogen functional groups attached to an aromatic ring is 1. The van der Waals surface area contributed by atoms with Crippen molar-refractivity contribution in [2.75, 3.05) is 12.0 Å². The Morgan fingerprint density at radius 3 is 2.88 bits per heavy atom. The number of amides is 1. The molecule has 0 fully saturated rings. The monoisotopic (exact) mass is 217 g/mol. The van der Waals surface area contributed by atoms with Gasteiger partial charge in [0.25, 0.3) is 0 Å². The highest BCUT2D eigenvalue weighted by Crippen LogP contribution is 2.11. The van der Waals surface area contributed by atoms with Gasteiger partial charge in [0.05, 0.1) is 5.69 Å². The number of anilines is 1. The second-order valence-electron chi connectivity index (χ2n) is 3.22. The molecular weight excluding hydrogens is 202 g/mol. The first-order valence-electron chi connectivity index (χ1n) is 5.03. The highest BCUT2D eigenvalue weighted by atomic mass is 16.1. The molecule has 0 radical (unpaired) electrons. The molecule has 1 rings (SSSR count). The smallest absolute Gasteiger partial charge is 0.216 e. The molecule has 0 heterocycles. The minimum atomic E-state index is -0.0363. The summed E-state index contributed by atoms with van der Waals surface area (Å²) in [5.74, 6) is 11.3. The molecule has 0 atom stereocenters. The zero-order valence-electron chi connectivity index (χ0n) is 9.21. The Labute approximate surface area is 95.2 Å². The molecule has 0 aromatic heterocycles. The van der Waals surface area contributed by atoms with Gasteiger partial charge in [0.1, 0.15) is 0 Å². The van der Waals surface area contributed by atoms with Crippen LogP contribution in [0.1, 0.15) is 18.9 Å². The van der Waals surface area contributed by atoms with E-state index in [1.807, 2.05) is 24.3 Å². The number of benzene rings is 1. The zero-order valence-corrected chi connectivity index (χ0v) is 9.21. The Bertz CT molecular complexity index is 418. The van der Waals surface area contributed by atoms with Crippen molar-refractivity contribution >= 4 is 11.6 Å². The number of nitrogens with one attached hydrogen (secondary N) is 2. The Kier molecular flexibility index (Phi) is 4.90. The van der Waals surface area contributed by atoms with Crippen LogP contribution in [0.2, 0.25) is 0 Å². The number of carbonyl (C=O) groups excluding carboxylic acids is 1. The van der Waals surface area contributed by atoms with Crippen LogP contribution in [-0.2, 0) is 4.79 Å². The van der Waals surface area contributed by atoms with Gasteiger partial charge in [-0.2, -0.15) is 0 Å². The maximum absolute atomic E-state index is 10.6. The third-order valence-electron chi connectivity index (χ3n) is 1.93. The van der Waals surface area contributed by atoms with Crippen molar-refractivity contribution in [3.05, 3.63) is 29.8 Å². The number of carbonyl (C=O) groups is 1. The fourth-order valence-electron chi connectivity index (χ4n) is 1.18. The van der Waals surface area contributed by atoms with E-state index in [1.165, 1.54) is 6.92 Å². The first-order valence-corrected chi connectivity index (χ1v) is 5.03. The van der Waals surface area contributed by atoms with E-state index in [4.69, 9.17) is 5.84 Å². The summed E-state index contributed by atoms with van der Waals surface area (Å²) in [6.45, 7) is 2.06. The molecule has 0 bridgehead atoms. The molecular formula is C12H15N3O. The van der Waals surface area contributed by atoms with Crippen molar-refractivity contribution in [2.45, 2.75) is 13.3 Å². The summed E-state index contributed by atoms with van der Waals surface area (Å²) in [5, 5.41) is 2.68. The van der Waals surface area contributed by atoms with Gasteiger partial charge in [0.2, 0.25) is 5.91 Å². The van der Waals surface area contributed by atoms with Gasteiger partial charge in [-0.3, -0.25) is 10.6 Å². The van der Waals surface area contributed by atoms with E-state index in [9.17, 15) is 4.79 Å². The van der Waals surface area contributed by atoms with Gasteiger partial charge in [-0.15, -0.1) is 0 Å². The van der Waals surface area contributed by atoms with E-state index in [0.29, 0.717) is 13.0 Å². The van der Waals surface area contributed by atoms with Crippen molar-refractivity contribution in [1.29, 1.82) is 0 Å². The minimum Gasteiger partial charge on any atom is -0.355 e. The van der Waals surface area contributed by atoms with Gasteiger partial charge in [-0.25, -0.2) is 0 Å². The highest BCUT2D eigenvalue weighted by molar-refractivity contribution is 5.72. The van der Waals surface area contributed by atoms with Crippen molar-refractivity contribution in [3.8, 4) is 11.8 Å². The third kappa shape index (κ3) is 4.03. The van der Waals surface area contributed by atoms with E-state index >= 15 is 0 Å². The quantitative estimate of drug-likeness (QED) is 0.304. The Hall–Kier alpha value is -1.99. The van der Waals surface area contributed by atoms with Crippen molar-refractivity contribution in [2.24, 2.45) is 5.84 Å². The molecule has 0 aliphatic heterocycles. The van der Waals surface area contributed by atoms with E-state index in [0.717, 1.165) is 11.3 Å². The fourth-order valence-corrected chi connectivity index (χ4v) is 1.18. The number of nitrogens with two attached hydrogens (primary N) is 1. The van der Waals surface area contributed by atoms with E-state index in [-0.39, 0.29) is 5.91 Å². The highest BCUT2D eigenvalue weighted by Gasteiger charge is 1.94. The summed E-state index contributed by atoms with van der Waals surface area (Å²) < 4.78 is 0. The Morgan fingerprint density at radius 2 is 2.19 bits per heavy atom. The first kappa shape index (κ1) is 12.1. The molecule has 0 spiro atoms. The second-order valence-corrected chi connectivity index (χ2v) is 3.22. The molecule has 0 saturated heterocycles. The van der Waals surface area contributed by atoms with Crippen LogP contribution in [-0.4, -0.2) is 12.5 Å². The van der Waals surface area contributed by atoms with Crippen molar-refractivity contribution < 1.29 is 4.79 Å². The molecule has 4 heteroatoms. The summed E-state index contributed by atoms with van der Waals surface area (Å²) in [7, 11) is 0. The lowest BCUT2D eigenvalue weighted by atomic mass is 10.2. The predicted octanol–water partition coefficient (Wildman–Crippen LogP) is 0.850. The molecule has 0 aliphatic carbocycles. The van der Waals surface area contributed by atoms with E-state index < -0.39 is 0 Å². The molecule has 0 aliphatic rings. The average Bonchev–Trinajstić information content (AvgIpc) is 2.29. The predicted molar refractivity (Wildman–Crippen MR) is 64.4 cm³/mol.